The number of ketones is 1. The van der Waals surface area contributed by atoms with E-state index in [1.807, 2.05) is 37.4 Å². The normalized spacial score (nSPS) is 15.9. The van der Waals surface area contributed by atoms with Gasteiger partial charge in [-0.25, -0.2) is 0 Å². The van der Waals surface area contributed by atoms with Crippen LogP contribution in [-0.2, 0) is 17.8 Å². The number of rotatable bonds is 4. The van der Waals surface area contributed by atoms with Crippen LogP contribution < -0.4 is 0 Å². The number of nitrogens with zero attached hydrogens (tertiary/aromatic N) is 2. The fraction of sp³-hybridized carbons (Fsp3) is 0.222. The topological polar surface area (TPSA) is 42.3 Å². The minimum atomic E-state index is 0.135. The summed E-state index contributed by atoms with van der Waals surface area (Å²) in [7, 11) is 0. The van der Waals surface area contributed by atoms with E-state index < -0.39 is 0 Å². The minimum Gasteiger partial charge on any atom is -0.294 e. The number of allylic oxidation sites excluding steroid dienone is 1. The van der Waals surface area contributed by atoms with E-state index in [1.165, 1.54) is 16.7 Å². The molecule has 0 saturated carbocycles. The summed E-state index contributed by atoms with van der Waals surface area (Å²) < 4.78 is 0. The van der Waals surface area contributed by atoms with Crippen molar-refractivity contribution in [3.05, 3.63) is 105 Å². The molecule has 2 heterocycles. The Bertz CT molecular complexity index is 1200. The summed E-state index contributed by atoms with van der Waals surface area (Å²) >= 11 is 0. The molecule has 0 amide bonds. The molecule has 0 fully saturated rings. The Labute approximate surface area is 177 Å². The van der Waals surface area contributed by atoms with E-state index in [2.05, 4.69) is 48.3 Å². The standard InChI is InChI=1S/C27H24N2O/c1-3-23(18-7-5-4-6-8-18)25-14-21-13-24-22(12-20(21)15-26(25)30)16-29-27(24)19-9-10-28-17(2)11-19/h4-14,23H,3,15-16H2,1-2H3. The van der Waals surface area contributed by atoms with Crippen LogP contribution in [0.4, 0.5) is 0 Å². The third-order valence-electron chi connectivity index (χ3n) is 6.17. The number of fused-ring (bicyclic) bond motifs is 2. The second-order valence-electron chi connectivity index (χ2n) is 8.13. The Morgan fingerprint density at radius 2 is 1.87 bits per heavy atom. The number of aliphatic imine (C=N–C) groups is 1. The first-order chi connectivity index (χ1) is 14.6. The predicted octanol–water partition coefficient (Wildman–Crippen LogP) is 5.44. The molecule has 0 bridgehead atoms. The fourth-order valence-electron chi connectivity index (χ4n) is 4.68. The molecule has 5 rings (SSSR count). The van der Waals surface area contributed by atoms with Crippen molar-refractivity contribution in [2.75, 3.05) is 0 Å². The third kappa shape index (κ3) is 3.21. The summed E-state index contributed by atoms with van der Waals surface area (Å²) in [6.45, 7) is 4.83. The average Bonchev–Trinajstić information content (AvgIpc) is 3.16. The maximum absolute atomic E-state index is 13.1. The van der Waals surface area contributed by atoms with Crippen LogP contribution in [0, 0.1) is 6.92 Å². The van der Waals surface area contributed by atoms with Gasteiger partial charge in [-0.2, -0.15) is 0 Å². The highest BCUT2D eigenvalue weighted by Crippen LogP contribution is 2.36. The lowest BCUT2D eigenvalue weighted by molar-refractivity contribution is -0.115. The molecule has 1 unspecified atom stereocenters. The van der Waals surface area contributed by atoms with E-state index in [9.17, 15) is 4.79 Å². The van der Waals surface area contributed by atoms with Crippen LogP contribution in [0.15, 0.2) is 71.4 Å². The molecule has 3 heteroatoms. The van der Waals surface area contributed by atoms with Crippen LogP contribution in [0.1, 0.15) is 58.3 Å². The molecule has 1 aliphatic heterocycles. The lowest BCUT2D eigenvalue weighted by Gasteiger charge is -2.24. The minimum absolute atomic E-state index is 0.135. The van der Waals surface area contributed by atoms with Gasteiger partial charge in [0, 0.05) is 40.9 Å². The number of hydrogen-bond donors (Lipinski definition) is 0. The molecule has 148 valence electrons. The highest BCUT2D eigenvalue weighted by atomic mass is 16.1. The summed E-state index contributed by atoms with van der Waals surface area (Å²) in [4.78, 5) is 22.2. The number of carbonyl (C=O) groups excluding carboxylic acids is 1. The van der Waals surface area contributed by atoms with Gasteiger partial charge in [-0.1, -0.05) is 43.3 Å². The number of pyridine rings is 1. The highest BCUT2D eigenvalue weighted by molar-refractivity contribution is 6.16. The number of Topliss-reactive ketones (excluding diaryl/α,β-unsaturated/α-hetero) is 1. The SMILES string of the molecule is CCC(C1=Cc2cc3c(cc2CC1=O)CN=C3c1ccnc(C)c1)c1ccccc1. The summed E-state index contributed by atoms with van der Waals surface area (Å²) in [5.74, 6) is 0.373. The molecular formula is C27H24N2O. The van der Waals surface area contributed by atoms with Gasteiger partial charge < -0.3 is 0 Å². The van der Waals surface area contributed by atoms with Crippen molar-refractivity contribution in [2.24, 2.45) is 4.99 Å². The number of hydrogen-bond acceptors (Lipinski definition) is 3. The first-order valence-electron chi connectivity index (χ1n) is 10.6. The van der Waals surface area contributed by atoms with Crippen molar-refractivity contribution in [3.8, 4) is 0 Å². The molecule has 1 aliphatic carbocycles. The van der Waals surface area contributed by atoms with Crippen LogP contribution >= 0.6 is 0 Å². The zero-order valence-electron chi connectivity index (χ0n) is 17.4. The molecule has 3 nitrogen and oxygen atoms in total. The molecule has 0 N–H and O–H groups in total. The Morgan fingerprint density at radius 3 is 2.63 bits per heavy atom. The predicted molar refractivity (Wildman–Crippen MR) is 121 cm³/mol. The number of aryl methyl sites for hydroxylation is 1. The van der Waals surface area contributed by atoms with Gasteiger partial charge in [0.2, 0.25) is 0 Å². The number of benzene rings is 2. The third-order valence-corrected chi connectivity index (χ3v) is 6.17. The van der Waals surface area contributed by atoms with Crippen LogP contribution in [-0.4, -0.2) is 16.5 Å². The molecule has 3 aromatic rings. The van der Waals surface area contributed by atoms with Crippen LogP contribution in [0.2, 0.25) is 0 Å². The molecule has 0 spiro atoms. The highest BCUT2D eigenvalue weighted by Gasteiger charge is 2.28. The smallest absolute Gasteiger partial charge is 0.163 e. The second kappa shape index (κ2) is 7.49. The molecular weight excluding hydrogens is 368 g/mol. The van der Waals surface area contributed by atoms with Crippen molar-refractivity contribution in [3.63, 3.8) is 0 Å². The molecule has 30 heavy (non-hydrogen) atoms. The van der Waals surface area contributed by atoms with Crippen LogP contribution in [0.5, 0.6) is 0 Å². The van der Waals surface area contributed by atoms with E-state index in [0.717, 1.165) is 40.1 Å². The van der Waals surface area contributed by atoms with Crippen molar-refractivity contribution >= 4 is 17.6 Å². The number of carbonyl (C=O) groups is 1. The molecule has 2 aliphatic rings. The Morgan fingerprint density at radius 1 is 1.03 bits per heavy atom. The summed E-state index contributed by atoms with van der Waals surface area (Å²) in [6.07, 6.45) is 5.34. The van der Waals surface area contributed by atoms with Gasteiger partial charge >= 0.3 is 0 Å². The molecule has 1 aromatic heterocycles. The zero-order valence-corrected chi connectivity index (χ0v) is 17.4. The average molecular weight is 393 g/mol. The molecule has 2 aromatic carbocycles. The van der Waals surface area contributed by atoms with Gasteiger partial charge in [-0.15, -0.1) is 0 Å². The van der Waals surface area contributed by atoms with Gasteiger partial charge in [0.05, 0.1) is 12.3 Å². The molecule has 0 radical (unpaired) electrons. The Hall–Kier alpha value is -3.33. The first kappa shape index (κ1) is 18.7. The molecule has 0 saturated heterocycles. The van der Waals surface area contributed by atoms with Gasteiger partial charge in [-0.05, 0) is 59.9 Å². The van der Waals surface area contributed by atoms with Crippen molar-refractivity contribution in [1.29, 1.82) is 0 Å². The van der Waals surface area contributed by atoms with Gasteiger partial charge in [-0.3, -0.25) is 14.8 Å². The lowest BCUT2D eigenvalue weighted by Crippen LogP contribution is -2.18. The van der Waals surface area contributed by atoms with E-state index in [-0.39, 0.29) is 11.7 Å². The van der Waals surface area contributed by atoms with Crippen LogP contribution in [0.25, 0.3) is 6.08 Å². The van der Waals surface area contributed by atoms with Gasteiger partial charge in [0.15, 0.2) is 5.78 Å². The van der Waals surface area contributed by atoms with Crippen LogP contribution in [0.3, 0.4) is 0 Å². The zero-order chi connectivity index (χ0) is 20.7. The van der Waals surface area contributed by atoms with E-state index in [4.69, 9.17) is 4.99 Å². The van der Waals surface area contributed by atoms with Crippen molar-refractivity contribution in [1.82, 2.24) is 4.98 Å². The quantitative estimate of drug-likeness (QED) is 0.593. The number of aromatic nitrogens is 1. The maximum Gasteiger partial charge on any atom is 0.163 e. The monoisotopic (exact) mass is 392 g/mol. The Balaban J connectivity index is 1.57. The van der Waals surface area contributed by atoms with Gasteiger partial charge in [0.25, 0.3) is 0 Å². The Kier molecular flexibility index (Phi) is 4.66. The summed E-state index contributed by atoms with van der Waals surface area (Å²) in [5.41, 5.74) is 9.91. The van der Waals surface area contributed by atoms with E-state index in [1.54, 1.807) is 0 Å². The van der Waals surface area contributed by atoms with Gasteiger partial charge in [0.1, 0.15) is 0 Å². The van der Waals surface area contributed by atoms with E-state index in [0.29, 0.717) is 13.0 Å². The largest absolute Gasteiger partial charge is 0.294 e. The summed E-state index contributed by atoms with van der Waals surface area (Å²) in [5, 5.41) is 0. The van der Waals surface area contributed by atoms with E-state index >= 15 is 0 Å². The first-order valence-corrected chi connectivity index (χ1v) is 10.6. The maximum atomic E-state index is 13.1. The van der Waals surface area contributed by atoms with Crippen molar-refractivity contribution < 1.29 is 4.79 Å². The summed E-state index contributed by atoms with van der Waals surface area (Å²) in [6, 6.07) is 18.9. The van der Waals surface area contributed by atoms with Crippen molar-refractivity contribution in [2.45, 2.75) is 39.2 Å². The fourth-order valence-corrected chi connectivity index (χ4v) is 4.68. The lowest BCUT2D eigenvalue weighted by atomic mass is 9.79. The second-order valence-corrected chi connectivity index (χ2v) is 8.13. The molecule has 1 atom stereocenters.